The minimum Gasteiger partial charge on any atom is -0.446 e. The van der Waals surface area contributed by atoms with Crippen molar-refractivity contribution < 1.29 is 9.21 Å². The van der Waals surface area contributed by atoms with Gasteiger partial charge in [-0.1, -0.05) is 6.92 Å². The lowest BCUT2D eigenvalue weighted by atomic mass is 10.2. The van der Waals surface area contributed by atoms with Crippen molar-refractivity contribution in [3.8, 4) is 0 Å². The Labute approximate surface area is 67.3 Å². The van der Waals surface area contributed by atoms with Crippen LogP contribution in [0.3, 0.4) is 0 Å². The van der Waals surface area contributed by atoms with Gasteiger partial charge in [0.25, 0.3) is 0 Å². The van der Waals surface area contributed by atoms with Gasteiger partial charge < -0.3 is 4.42 Å². The summed E-state index contributed by atoms with van der Waals surface area (Å²) < 4.78 is 5.60. The fourth-order valence-corrected chi connectivity index (χ4v) is 0.945. The smallest absolute Gasteiger partial charge is 0.197 e. The average Bonchev–Trinajstić information content (AvgIpc) is 2.34. The van der Waals surface area contributed by atoms with Crippen molar-refractivity contribution in [1.29, 1.82) is 0 Å². The summed E-state index contributed by atoms with van der Waals surface area (Å²) in [6.45, 7) is 1.80. The van der Waals surface area contributed by atoms with Gasteiger partial charge in [0.2, 0.25) is 0 Å². The van der Waals surface area contributed by atoms with E-state index in [4.69, 9.17) is 4.42 Å². The zero-order chi connectivity index (χ0) is 7.56. The van der Waals surface area contributed by atoms with Gasteiger partial charge in [0.05, 0.1) is 0 Å². The van der Waals surface area contributed by atoms with Crippen molar-refractivity contribution in [2.75, 3.05) is 0 Å². The minimum atomic E-state index is 0.0331. The Morgan fingerprint density at radius 3 is 2.80 bits per heavy atom. The molecule has 10 heavy (non-hydrogen) atoms. The van der Waals surface area contributed by atoms with Crippen molar-refractivity contribution in [2.45, 2.75) is 13.3 Å². The molecule has 0 spiro atoms. The fraction of sp³-hybridized carbons (Fsp3) is 0.286. The summed E-state index contributed by atoms with van der Waals surface area (Å²) in [5.41, 5.74) is 0. The van der Waals surface area contributed by atoms with Crippen LogP contribution in [0.4, 0.5) is 0 Å². The number of ketones is 1. The van der Waals surface area contributed by atoms with Gasteiger partial charge in [-0.15, -0.1) is 0 Å². The quantitative estimate of drug-likeness (QED) is 0.691. The largest absolute Gasteiger partial charge is 0.446 e. The maximum atomic E-state index is 10.9. The highest BCUT2D eigenvalue weighted by Gasteiger charge is 2.06. The third-order valence-electron chi connectivity index (χ3n) is 1.17. The summed E-state index contributed by atoms with van der Waals surface area (Å²) in [6.07, 6.45) is 0.486. The van der Waals surface area contributed by atoms with Crippen LogP contribution < -0.4 is 0 Å². The van der Waals surface area contributed by atoms with E-state index in [9.17, 15) is 4.79 Å². The van der Waals surface area contributed by atoms with E-state index in [-0.39, 0.29) is 5.78 Å². The van der Waals surface area contributed by atoms with Crippen LogP contribution in [0.5, 0.6) is 0 Å². The zero-order valence-electron chi connectivity index (χ0n) is 5.56. The topological polar surface area (TPSA) is 30.2 Å². The van der Waals surface area contributed by atoms with E-state index in [1.54, 1.807) is 19.1 Å². The highest BCUT2D eigenvalue weighted by atomic mass is 79.9. The SMILES string of the molecule is CCC(=O)c1ccc(Br)o1. The van der Waals surface area contributed by atoms with Crippen LogP contribution in [-0.2, 0) is 0 Å². The normalized spacial score (nSPS) is 9.80. The molecule has 0 N–H and O–H groups in total. The summed E-state index contributed by atoms with van der Waals surface area (Å²) in [4.78, 5) is 10.9. The van der Waals surface area contributed by atoms with Gasteiger partial charge in [0.1, 0.15) is 0 Å². The summed E-state index contributed by atoms with van der Waals surface area (Å²) >= 11 is 3.11. The number of hydrogen-bond acceptors (Lipinski definition) is 2. The van der Waals surface area contributed by atoms with Crippen LogP contribution in [0.2, 0.25) is 0 Å². The Morgan fingerprint density at radius 1 is 1.70 bits per heavy atom. The van der Waals surface area contributed by atoms with E-state index in [2.05, 4.69) is 15.9 Å². The molecule has 1 aromatic rings. The highest BCUT2D eigenvalue weighted by Crippen LogP contribution is 2.14. The van der Waals surface area contributed by atoms with Crippen LogP contribution in [0, 0.1) is 0 Å². The van der Waals surface area contributed by atoms with Crippen LogP contribution in [0.1, 0.15) is 23.9 Å². The van der Waals surface area contributed by atoms with Gasteiger partial charge in [0, 0.05) is 6.42 Å². The predicted molar refractivity (Wildman–Crippen MR) is 41.0 cm³/mol. The van der Waals surface area contributed by atoms with E-state index in [0.29, 0.717) is 16.9 Å². The highest BCUT2D eigenvalue weighted by molar-refractivity contribution is 9.10. The van der Waals surface area contributed by atoms with Crippen molar-refractivity contribution in [1.82, 2.24) is 0 Å². The summed E-state index contributed by atoms with van der Waals surface area (Å²) in [7, 11) is 0. The number of halogens is 1. The van der Waals surface area contributed by atoms with Crippen molar-refractivity contribution in [3.05, 3.63) is 22.6 Å². The molecule has 0 unspecified atom stereocenters. The molecular formula is C7H7BrO2. The van der Waals surface area contributed by atoms with Gasteiger partial charge in [-0.25, -0.2) is 0 Å². The molecule has 0 atom stereocenters. The van der Waals surface area contributed by atoms with E-state index in [0.717, 1.165) is 0 Å². The van der Waals surface area contributed by atoms with Crippen LogP contribution >= 0.6 is 15.9 Å². The number of carbonyl (C=O) groups excluding carboxylic acids is 1. The number of hydrogen-bond donors (Lipinski definition) is 0. The van der Waals surface area contributed by atoms with Gasteiger partial charge in [-0.05, 0) is 28.1 Å². The molecule has 0 aliphatic carbocycles. The number of rotatable bonds is 2. The van der Waals surface area contributed by atoms with Gasteiger partial charge in [-0.3, -0.25) is 4.79 Å². The first-order valence-electron chi connectivity index (χ1n) is 3.02. The first kappa shape index (κ1) is 7.54. The van der Waals surface area contributed by atoms with E-state index < -0.39 is 0 Å². The molecule has 1 rings (SSSR count). The maximum Gasteiger partial charge on any atom is 0.197 e. The Balaban J connectivity index is 2.85. The van der Waals surface area contributed by atoms with Crippen LogP contribution in [-0.4, -0.2) is 5.78 Å². The van der Waals surface area contributed by atoms with Crippen molar-refractivity contribution >= 4 is 21.7 Å². The van der Waals surface area contributed by atoms with E-state index >= 15 is 0 Å². The molecule has 0 saturated heterocycles. The Bertz CT molecular complexity index is 240. The zero-order valence-corrected chi connectivity index (χ0v) is 7.14. The molecule has 1 heterocycles. The van der Waals surface area contributed by atoms with Gasteiger partial charge >= 0.3 is 0 Å². The Kier molecular flexibility index (Phi) is 2.27. The standard InChI is InChI=1S/C7H7BrO2/c1-2-5(9)6-3-4-7(8)10-6/h3-4H,2H2,1H3. The molecule has 0 radical (unpaired) electrons. The number of furan rings is 1. The second kappa shape index (κ2) is 3.01. The maximum absolute atomic E-state index is 10.9. The molecule has 3 heteroatoms. The number of Topliss-reactive ketones (excluding diaryl/α,β-unsaturated/α-hetero) is 1. The lowest BCUT2D eigenvalue weighted by molar-refractivity contribution is 0.0960. The molecule has 0 aliphatic heterocycles. The van der Waals surface area contributed by atoms with E-state index in [1.165, 1.54) is 0 Å². The molecule has 0 saturated carbocycles. The summed E-state index contributed by atoms with van der Waals surface area (Å²) in [6, 6.07) is 3.37. The van der Waals surface area contributed by atoms with Crippen molar-refractivity contribution in [2.24, 2.45) is 0 Å². The predicted octanol–water partition coefficient (Wildman–Crippen LogP) is 2.63. The molecule has 0 aliphatic rings. The summed E-state index contributed by atoms with van der Waals surface area (Å²) in [5.74, 6) is 0.458. The average molecular weight is 203 g/mol. The van der Waals surface area contributed by atoms with Gasteiger partial charge in [0.15, 0.2) is 16.2 Å². The molecular weight excluding hydrogens is 196 g/mol. The number of carbonyl (C=O) groups is 1. The molecule has 54 valence electrons. The second-order valence-corrected chi connectivity index (χ2v) is 2.66. The fourth-order valence-electron chi connectivity index (χ4n) is 0.638. The Hall–Kier alpha value is -0.570. The third-order valence-corrected chi connectivity index (χ3v) is 1.60. The van der Waals surface area contributed by atoms with Crippen LogP contribution in [0.25, 0.3) is 0 Å². The lowest BCUT2D eigenvalue weighted by Gasteiger charge is -1.87. The molecule has 0 bridgehead atoms. The molecule has 1 aromatic heterocycles. The lowest BCUT2D eigenvalue weighted by Crippen LogP contribution is -1.92. The first-order chi connectivity index (χ1) is 4.74. The minimum absolute atomic E-state index is 0.0331. The van der Waals surface area contributed by atoms with Crippen molar-refractivity contribution in [3.63, 3.8) is 0 Å². The van der Waals surface area contributed by atoms with Gasteiger partial charge in [-0.2, -0.15) is 0 Å². The molecule has 0 fully saturated rings. The summed E-state index contributed by atoms with van der Waals surface area (Å²) in [5, 5.41) is 0. The van der Waals surface area contributed by atoms with Crippen LogP contribution in [0.15, 0.2) is 21.2 Å². The van der Waals surface area contributed by atoms with E-state index in [1.807, 2.05) is 0 Å². The Morgan fingerprint density at radius 2 is 2.40 bits per heavy atom. The monoisotopic (exact) mass is 202 g/mol. The first-order valence-corrected chi connectivity index (χ1v) is 3.82. The molecule has 0 aromatic carbocycles. The molecule has 2 nitrogen and oxygen atoms in total. The second-order valence-electron chi connectivity index (χ2n) is 1.88. The third kappa shape index (κ3) is 1.48. The molecule has 0 amide bonds.